The molecule has 0 amide bonds. The van der Waals surface area contributed by atoms with Crippen LogP contribution in [-0.4, -0.2) is 20.1 Å². The van der Waals surface area contributed by atoms with E-state index >= 15 is 0 Å². The van der Waals surface area contributed by atoms with Gasteiger partial charge in [-0.1, -0.05) is 0 Å². The molecule has 6 heteroatoms. The number of rotatable bonds is 2. The Morgan fingerprint density at radius 2 is 2.17 bits per heavy atom. The second kappa shape index (κ2) is 3.92. The van der Waals surface area contributed by atoms with Gasteiger partial charge in [-0.2, -0.15) is 5.10 Å². The van der Waals surface area contributed by atoms with E-state index in [1.807, 2.05) is 6.07 Å². The Kier molecular flexibility index (Phi) is 2.26. The molecule has 0 radical (unpaired) electrons. The molecule has 1 aromatic carbocycles. The largest absolute Gasteiger partial charge is 0.277 e. The van der Waals surface area contributed by atoms with Crippen molar-refractivity contribution in [2.45, 2.75) is 0 Å². The number of aromatic amines is 1. The molecule has 3 rings (SSSR count). The lowest BCUT2D eigenvalue weighted by Gasteiger charge is -1.96. The third-order valence-electron chi connectivity index (χ3n) is 2.69. The van der Waals surface area contributed by atoms with E-state index < -0.39 is 4.92 Å². The molecule has 0 saturated carbocycles. The Morgan fingerprint density at radius 1 is 1.28 bits per heavy atom. The number of pyridine rings is 1. The fourth-order valence-corrected chi connectivity index (χ4v) is 1.84. The summed E-state index contributed by atoms with van der Waals surface area (Å²) < 4.78 is 0. The van der Waals surface area contributed by atoms with E-state index in [0.29, 0.717) is 5.69 Å². The van der Waals surface area contributed by atoms with E-state index in [0.717, 1.165) is 16.5 Å². The van der Waals surface area contributed by atoms with Crippen molar-refractivity contribution in [1.82, 2.24) is 15.2 Å². The summed E-state index contributed by atoms with van der Waals surface area (Å²) in [5, 5.41) is 18.5. The van der Waals surface area contributed by atoms with Gasteiger partial charge in [0.15, 0.2) is 0 Å². The van der Waals surface area contributed by atoms with E-state index in [2.05, 4.69) is 15.2 Å². The number of hydrogen-bond donors (Lipinski definition) is 1. The van der Waals surface area contributed by atoms with Gasteiger partial charge in [0.2, 0.25) is 0 Å². The predicted molar refractivity (Wildman–Crippen MR) is 66.0 cm³/mol. The van der Waals surface area contributed by atoms with Crippen LogP contribution in [0.5, 0.6) is 0 Å². The van der Waals surface area contributed by atoms with Gasteiger partial charge < -0.3 is 0 Å². The minimum absolute atomic E-state index is 0.0500. The van der Waals surface area contributed by atoms with Crippen molar-refractivity contribution in [3.05, 3.63) is 52.8 Å². The quantitative estimate of drug-likeness (QED) is 0.551. The number of H-pyrrole nitrogens is 1. The number of hydrogen-bond acceptors (Lipinski definition) is 4. The number of nitrogens with one attached hydrogen (secondary N) is 1. The molecule has 0 unspecified atom stereocenters. The lowest BCUT2D eigenvalue weighted by atomic mass is 10.1. The molecule has 2 heterocycles. The summed E-state index contributed by atoms with van der Waals surface area (Å²) in [7, 11) is 0. The van der Waals surface area contributed by atoms with Crippen LogP contribution >= 0.6 is 0 Å². The van der Waals surface area contributed by atoms with Crippen LogP contribution in [-0.2, 0) is 0 Å². The first-order valence-electron chi connectivity index (χ1n) is 5.28. The fourth-order valence-electron chi connectivity index (χ4n) is 1.84. The zero-order valence-corrected chi connectivity index (χ0v) is 9.20. The molecular formula is C12H8N4O2. The summed E-state index contributed by atoms with van der Waals surface area (Å²) in [4.78, 5) is 14.4. The minimum atomic E-state index is -0.417. The smallest absolute Gasteiger partial charge is 0.270 e. The van der Waals surface area contributed by atoms with Gasteiger partial charge in [0, 0.05) is 35.5 Å². The number of aromatic nitrogens is 3. The van der Waals surface area contributed by atoms with Gasteiger partial charge in [0.25, 0.3) is 5.69 Å². The first-order chi connectivity index (χ1) is 8.75. The second-order valence-corrected chi connectivity index (χ2v) is 3.80. The van der Waals surface area contributed by atoms with Crippen molar-refractivity contribution in [2.24, 2.45) is 0 Å². The van der Waals surface area contributed by atoms with Crippen molar-refractivity contribution < 1.29 is 4.92 Å². The zero-order chi connectivity index (χ0) is 12.5. The van der Waals surface area contributed by atoms with Crippen LogP contribution < -0.4 is 0 Å². The maximum atomic E-state index is 10.8. The highest BCUT2D eigenvalue weighted by Crippen LogP contribution is 2.28. The van der Waals surface area contributed by atoms with Crippen LogP contribution in [0.15, 0.2) is 42.7 Å². The van der Waals surface area contributed by atoms with E-state index in [4.69, 9.17) is 0 Å². The maximum Gasteiger partial charge on any atom is 0.270 e. The van der Waals surface area contributed by atoms with E-state index in [-0.39, 0.29) is 5.69 Å². The molecule has 0 fully saturated rings. The monoisotopic (exact) mass is 240 g/mol. The SMILES string of the molecule is O=[N+]([O-])c1ccc2[nH]nc(-c3cccnc3)c2c1. The summed E-state index contributed by atoms with van der Waals surface area (Å²) in [5.74, 6) is 0. The van der Waals surface area contributed by atoms with Gasteiger partial charge in [-0.15, -0.1) is 0 Å². The van der Waals surface area contributed by atoms with Crippen LogP contribution in [0.1, 0.15) is 0 Å². The normalized spacial score (nSPS) is 10.7. The summed E-state index contributed by atoms with van der Waals surface area (Å²) >= 11 is 0. The van der Waals surface area contributed by atoms with Gasteiger partial charge in [-0.25, -0.2) is 0 Å². The van der Waals surface area contributed by atoms with E-state index in [1.54, 1.807) is 24.5 Å². The molecule has 0 bridgehead atoms. The number of benzene rings is 1. The number of nitro groups is 1. The number of non-ortho nitro benzene ring substituents is 1. The van der Waals surface area contributed by atoms with Crippen LogP contribution in [0.4, 0.5) is 5.69 Å². The molecule has 2 aromatic heterocycles. The number of fused-ring (bicyclic) bond motifs is 1. The Balaban J connectivity index is 2.24. The lowest BCUT2D eigenvalue weighted by molar-refractivity contribution is -0.384. The molecule has 0 saturated heterocycles. The first kappa shape index (κ1) is 10.4. The highest BCUT2D eigenvalue weighted by atomic mass is 16.6. The van der Waals surface area contributed by atoms with Crippen molar-refractivity contribution in [3.8, 4) is 11.3 Å². The number of nitrogens with zero attached hydrogens (tertiary/aromatic N) is 3. The third kappa shape index (κ3) is 1.60. The average molecular weight is 240 g/mol. The summed E-state index contributed by atoms with van der Waals surface area (Å²) in [6.07, 6.45) is 3.34. The fraction of sp³-hybridized carbons (Fsp3) is 0. The van der Waals surface area contributed by atoms with Crippen LogP contribution in [0.2, 0.25) is 0 Å². The van der Waals surface area contributed by atoms with Crippen molar-refractivity contribution in [1.29, 1.82) is 0 Å². The Hall–Kier alpha value is -2.76. The van der Waals surface area contributed by atoms with E-state index in [9.17, 15) is 10.1 Å². The molecule has 0 aliphatic carbocycles. The Labute approximate surface area is 101 Å². The topological polar surface area (TPSA) is 84.7 Å². The van der Waals surface area contributed by atoms with Crippen molar-refractivity contribution >= 4 is 16.6 Å². The summed E-state index contributed by atoms with van der Waals surface area (Å²) in [6, 6.07) is 8.28. The van der Waals surface area contributed by atoms with Crippen molar-refractivity contribution in [3.63, 3.8) is 0 Å². The number of nitro benzene ring substituents is 1. The molecule has 1 N–H and O–H groups in total. The molecule has 0 spiro atoms. The molecule has 0 aliphatic heterocycles. The first-order valence-corrected chi connectivity index (χ1v) is 5.28. The molecule has 3 aromatic rings. The Bertz CT molecular complexity index is 721. The molecule has 88 valence electrons. The molecule has 0 aliphatic rings. The molecular weight excluding hydrogens is 232 g/mol. The van der Waals surface area contributed by atoms with Gasteiger partial charge in [-0.3, -0.25) is 20.2 Å². The summed E-state index contributed by atoms with van der Waals surface area (Å²) in [5.41, 5.74) is 2.31. The van der Waals surface area contributed by atoms with Crippen LogP contribution in [0.3, 0.4) is 0 Å². The standard InChI is InChI=1S/C12H8N4O2/c17-16(18)9-3-4-11-10(6-9)12(15-14-11)8-2-1-5-13-7-8/h1-7H,(H,14,15). The molecule has 6 nitrogen and oxygen atoms in total. The minimum Gasteiger partial charge on any atom is -0.277 e. The van der Waals surface area contributed by atoms with Crippen molar-refractivity contribution in [2.75, 3.05) is 0 Å². The molecule has 18 heavy (non-hydrogen) atoms. The van der Waals surface area contributed by atoms with Crippen LogP contribution in [0, 0.1) is 10.1 Å². The maximum absolute atomic E-state index is 10.8. The zero-order valence-electron chi connectivity index (χ0n) is 9.20. The van der Waals surface area contributed by atoms with Gasteiger partial charge in [0.1, 0.15) is 5.69 Å². The Morgan fingerprint density at radius 3 is 2.89 bits per heavy atom. The van der Waals surface area contributed by atoms with E-state index in [1.165, 1.54) is 12.1 Å². The van der Waals surface area contributed by atoms with Gasteiger partial charge >= 0.3 is 0 Å². The third-order valence-corrected chi connectivity index (χ3v) is 2.69. The van der Waals surface area contributed by atoms with Gasteiger partial charge in [-0.05, 0) is 18.2 Å². The average Bonchev–Trinajstić information content (AvgIpc) is 2.82. The van der Waals surface area contributed by atoms with Gasteiger partial charge in [0.05, 0.1) is 10.4 Å². The van der Waals surface area contributed by atoms with Crippen LogP contribution in [0.25, 0.3) is 22.2 Å². The molecule has 0 atom stereocenters. The lowest BCUT2D eigenvalue weighted by Crippen LogP contribution is -1.87. The highest BCUT2D eigenvalue weighted by molar-refractivity contribution is 5.94. The summed E-state index contributed by atoms with van der Waals surface area (Å²) in [6.45, 7) is 0. The predicted octanol–water partition coefficient (Wildman–Crippen LogP) is 2.53. The highest BCUT2D eigenvalue weighted by Gasteiger charge is 2.12. The second-order valence-electron chi connectivity index (χ2n) is 3.80.